The maximum absolute atomic E-state index is 11.8. The van der Waals surface area contributed by atoms with E-state index in [4.69, 9.17) is 4.74 Å². The minimum absolute atomic E-state index is 0.192. The van der Waals surface area contributed by atoms with Crippen LogP contribution in [0.15, 0.2) is 12.7 Å². The molecule has 1 atom stereocenters. The van der Waals surface area contributed by atoms with Crippen LogP contribution in [0.3, 0.4) is 0 Å². The molecule has 1 aliphatic heterocycles. The molecule has 0 spiro atoms. The number of hydrogen-bond acceptors (Lipinski definition) is 4. The molecule has 1 heterocycles. The van der Waals surface area contributed by atoms with Gasteiger partial charge in [-0.25, -0.2) is 4.79 Å². The Morgan fingerprint density at radius 1 is 1.14 bits per heavy atom. The maximum Gasteiger partial charge on any atom is 0.328 e. The summed E-state index contributed by atoms with van der Waals surface area (Å²) in [5, 5.41) is 4.22. The molecule has 1 aliphatic rings. The van der Waals surface area contributed by atoms with Gasteiger partial charge in [0.2, 0.25) is 11.8 Å². The zero-order valence-electron chi connectivity index (χ0n) is 13.3. The lowest BCUT2D eigenvalue weighted by molar-refractivity contribution is -0.144. The Bertz CT molecular complexity index is 371. The molecule has 120 valence electrons. The predicted octanol–water partition coefficient (Wildman–Crippen LogP) is 2.00. The van der Waals surface area contributed by atoms with Gasteiger partial charge in [0.1, 0.15) is 5.41 Å². The fourth-order valence-corrected chi connectivity index (χ4v) is 2.25. The van der Waals surface area contributed by atoms with E-state index in [-0.39, 0.29) is 5.92 Å². The number of amides is 4. The van der Waals surface area contributed by atoms with Gasteiger partial charge in [-0.15, -0.1) is 6.58 Å². The molecule has 1 fully saturated rings. The van der Waals surface area contributed by atoms with Gasteiger partial charge in [-0.05, 0) is 26.2 Å². The first-order valence-electron chi connectivity index (χ1n) is 7.28. The highest BCUT2D eigenvalue weighted by atomic mass is 16.5. The molecule has 0 bridgehead atoms. The van der Waals surface area contributed by atoms with Crippen molar-refractivity contribution in [2.24, 2.45) is 11.3 Å². The lowest BCUT2D eigenvalue weighted by atomic mass is 9.72. The van der Waals surface area contributed by atoms with E-state index < -0.39 is 23.3 Å². The molecule has 6 nitrogen and oxygen atoms in total. The number of barbiturate groups is 1. The number of urea groups is 1. The average molecular weight is 298 g/mol. The molecular formula is C15H26N2O4. The molecule has 0 saturated carbocycles. The standard InChI is InChI=1S/C11H16N2O3.C4H10O/c1-4-6-7(3)11(5-2)8(14)12-10(16)13-9(11)15;1-3-5-4-2/h5,7H,2,4,6H2,1,3H3,(H2,12,13,14,15,16);3-4H2,1-2H3. The average Bonchev–Trinajstić information content (AvgIpc) is 2.40. The second kappa shape index (κ2) is 9.28. The van der Waals surface area contributed by atoms with Crippen molar-refractivity contribution in [3.8, 4) is 0 Å². The molecule has 0 aromatic rings. The van der Waals surface area contributed by atoms with Gasteiger partial charge in [-0.3, -0.25) is 20.2 Å². The fraction of sp³-hybridized carbons (Fsp3) is 0.667. The van der Waals surface area contributed by atoms with Crippen molar-refractivity contribution in [1.29, 1.82) is 0 Å². The minimum atomic E-state index is -1.33. The van der Waals surface area contributed by atoms with E-state index in [1.54, 1.807) is 6.92 Å². The third-order valence-electron chi connectivity index (χ3n) is 3.43. The summed E-state index contributed by atoms with van der Waals surface area (Å²) in [5.41, 5.74) is -1.33. The highest BCUT2D eigenvalue weighted by molar-refractivity contribution is 6.20. The Hall–Kier alpha value is -1.69. The number of imide groups is 2. The van der Waals surface area contributed by atoms with Crippen LogP contribution in [0.4, 0.5) is 4.79 Å². The molecule has 0 aromatic carbocycles. The van der Waals surface area contributed by atoms with E-state index >= 15 is 0 Å². The Labute approximate surface area is 126 Å². The number of nitrogens with one attached hydrogen (secondary N) is 2. The van der Waals surface area contributed by atoms with Gasteiger partial charge in [-0.2, -0.15) is 0 Å². The second-order valence-corrected chi connectivity index (χ2v) is 4.78. The van der Waals surface area contributed by atoms with Gasteiger partial charge in [-0.1, -0.05) is 26.3 Å². The lowest BCUT2D eigenvalue weighted by Crippen LogP contribution is -2.63. The van der Waals surface area contributed by atoms with Crippen molar-refractivity contribution in [2.75, 3.05) is 13.2 Å². The van der Waals surface area contributed by atoms with Crippen LogP contribution in [0.25, 0.3) is 0 Å². The van der Waals surface area contributed by atoms with Gasteiger partial charge in [0, 0.05) is 13.2 Å². The summed E-state index contributed by atoms with van der Waals surface area (Å²) in [7, 11) is 0. The van der Waals surface area contributed by atoms with E-state index in [0.29, 0.717) is 6.42 Å². The highest BCUT2D eigenvalue weighted by Gasteiger charge is 2.51. The van der Waals surface area contributed by atoms with Gasteiger partial charge in [0.05, 0.1) is 0 Å². The topological polar surface area (TPSA) is 84.5 Å². The Morgan fingerprint density at radius 2 is 1.62 bits per heavy atom. The summed E-state index contributed by atoms with van der Waals surface area (Å²) in [6.45, 7) is 13.0. The summed E-state index contributed by atoms with van der Waals surface area (Å²) < 4.78 is 4.83. The summed E-state index contributed by atoms with van der Waals surface area (Å²) in [5.74, 6) is -1.36. The predicted molar refractivity (Wildman–Crippen MR) is 80.6 cm³/mol. The van der Waals surface area contributed by atoms with E-state index in [9.17, 15) is 14.4 Å². The van der Waals surface area contributed by atoms with Crippen LogP contribution in [0, 0.1) is 11.3 Å². The van der Waals surface area contributed by atoms with E-state index in [1.807, 2.05) is 20.8 Å². The number of carbonyl (C=O) groups excluding carboxylic acids is 3. The molecule has 1 unspecified atom stereocenters. The first kappa shape index (κ1) is 19.3. The third-order valence-corrected chi connectivity index (χ3v) is 3.43. The van der Waals surface area contributed by atoms with Crippen molar-refractivity contribution in [1.82, 2.24) is 10.6 Å². The van der Waals surface area contributed by atoms with E-state index in [2.05, 4.69) is 17.2 Å². The molecule has 1 saturated heterocycles. The quantitative estimate of drug-likeness (QED) is 0.580. The number of hydrogen-bond donors (Lipinski definition) is 2. The number of rotatable bonds is 6. The van der Waals surface area contributed by atoms with Crippen molar-refractivity contribution >= 4 is 17.8 Å². The zero-order valence-corrected chi connectivity index (χ0v) is 13.3. The van der Waals surface area contributed by atoms with Crippen molar-refractivity contribution in [3.05, 3.63) is 12.7 Å². The largest absolute Gasteiger partial charge is 0.382 e. The molecule has 2 N–H and O–H groups in total. The summed E-state index contributed by atoms with van der Waals surface area (Å²) >= 11 is 0. The molecule has 6 heteroatoms. The molecule has 1 rings (SSSR count). The Kier molecular flexibility index (Phi) is 8.54. The smallest absolute Gasteiger partial charge is 0.328 e. The van der Waals surface area contributed by atoms with Crippen LogP contribution in [-0.4, -0.2) is 31.1 Å². The molecule has 4 amide bonds. The minimum Gasteiger partial charge on any atom is -0.382 e. The van der Waals surface area contributed by atoms with Crippen molar-refractivity contribution in [3.63, 3.8) is 0 Å². The second-order valence-electron chi connectivity index (χ2n) is 4.78. The van der Waals surface area contributed by atoms with E-state index in [0.717, 1.165) is 19.6 Å². The zero-order chi connectivity index (χ0) is 16.5. The molecule has 21 heavy (non-hydrogen) atoms. The molecule has 0 radical (unpaired) electrons. The van der Waals surface area contributed by atoms with Crippen LogP contribution >= 0.6 is 0 Å². The van der Waals surface area contributed by atoms with E-state index in [1.165, 1.54) is 6.08 Å². The van der Waals surface area contributed by atoms with Crippen molar-refractivity contribution in [2.45, 2.75) is 40.5 Å². The summed E-state index contributed by atoms with van der Waals surface area (Å²) in [6, 6.07) is -0.767. The normalized spacial score (nSPS) is 18.0. The Balaban J connectivity index is 0.000000690. The van der Waals surface area contributed by atoms with Crippen LogP contribution in [0.1, 0.15) is 40.5 Å². The van der Waals surface area contributed by atoms with Gasteiger partial charge in [0.25, 0.3) is 0 Å². The Morgan fingerprint density at radius 3 is 1.90 bits per heavy atom. The SMILES string of the molecule is C=CC1(C(C)CCC)C(=O)NC(=O)NC1=O.CCOCC. The number of ether oxygens (including phenoxy) is 1. The van der Waals surface area contributed by atoms with Crippen LogP contribution in [-0.2, 0) is 14.3 Å². The van der Waals surface area contributed by atoms with Crippen LogP contribution in [0.2, 0.25) is 0 Å². The monoisotopic (exact) mass is 298 g/mol. The summed E-state index contributed by atoms with van der Waals surface area (Å²) in [6.07, 6.45) is 2.89. The molecule has 0 aromatic heterocycles. The van der Waals surface area contributed by atoms with Gasteiger partial charge >= 0.3 is 6.03 Å². The first-order valence-corrected chi connectivity index (χ1v) is 7.28. The van der Waals surface area contributed by atoms with Crippen molar-refractivity contribution < 1.29 is 19.1 Å². The lowest BCUT2D eigenvalue weighted by Gasteiger charge is -2.35. The summed E-state index contributed by atoms with van der Waals surface area (Å²) in [4.78, 5) is 34.6. The maximum atomic E-state index is 11.8. The van der Waals surface area contributed by atoms with Gasteiger partial charge < -0.3 is 4.74 Å². The first-order chi connectivity index (χ1) is 9.90. The fourth-order valence-electron chi connectivity index (χ4n) is 2.25. The molecular weight excluding hydrogens is 272 g/mol. The number of carbonyl (C=O) groups is 3. The third kappa shape index (κ3) is 4.67. The van der Waals surface area contributed by atoms with Gasteiger partial charge in [0.15, 0.2) is 0 Å². The van der Waals surface area contributed by atoms with Crippen LogP contribution in [0.5, 0.6) is 0 Å². The molecule has 0 aliphatic carbocycles. The highest BCUT2D eigenvalue weighted by Crippen LogP contribution is 2.34. The van der Waals surface area contributed by atoms with Crippen LogP contribution < -0.4 is 10.6 Å².